The van der Waals surface area contributed by atoms with Crippen molar-refractivity contribution in [3.8, 4) is 0 Å². The van der Waals surface area contributed by atoms with E-state index in [1.165, 1.54) is 0 Å². The molecule has 1 nitrogen and oxygen atoms in total. The summed E-state index contributed by atoms with van der Waals surface area (Å²) in [5.74, 6) is 0. The lowest BCUT2D eigenvalue weighted by Crippen LogP contribution is -1.72. The van der Waals surface area contributed by atoms with Gasteiger partial charge < -0.3 is 4.79 Å². The summed E-state index contributed by atoms with van der Waals surface area (Å²) in [6, 6.07) is 0. The molecule has 0 aromatic heterocycles. The summed E-state index contributed by atoms with van der Waals surface area (Å²) in [4.78, 5) is 9.65. The maximum absolute atomic E-state index is 9.65. The largest absolute Gasteiger partial charge is 0.303 e. The zero-order valence-corrected chi connectivity index (χ0v) is 5.57. The molecule has 0 atom stereocenters. The van der Waals surface area contributed by atoms with Gasteiger partial charge in [-0.25, -0.2) is 0 Å². The number of carbonyl (C=O) groups is 1. The van der Waals surface area contributed by atoms with E-state index >= 15 is 0 Å². The predicted octanol–water partition coefficient (Wildman–Crippen LogP) is 1.87. The molecular weight excluding hydrogens is 156 g/mol. The molecule has 2 heteroatoms. The van der Waals surface area contributed by atoms with Crippen LogP contribution in [0, 0.1) is 0 Å². The van der Waals surface area contributed by atoms with Crippen LogP contribution >= 0.6 is 15.9 Å². The van der Waals surface area contributed by atoms with E-state index in [1.54, 1.807) is 0 Å². The Morgan fingerprint density at radius 3 is 2.57 bits per heavy atom. The Morgan fingerprint density at radius 2 is 2.43 bits per heavy atom. The summed E-state index contributed by atoms with van der Waals surface area (Å²) >= 11 is 3.12. The van der Waals surface area contributed by atoms with Crippen LogP contribution in [-0.4, -0.2) is 6.29 Å². The van der Waals surface area contributed by atoms with Crippen molar-refractivity contribution < 1.29 is 4.79 Å². The summed E-state index contributed by atoms with van der Waals surface area (Å²) in [7, 11) is 0. The summed E-state index contributed by atoms with van der Waals surface area (Å²) in [6.45, 7) is 3.55. The third-order valence-electron chi connectivity index (χ3n) is 0.533. The minimum Gasteiger partial charge on any atom is -0.303 e. The Bertz CT molecular complexity index is 78.1. The van der Waals surface area contributed by atoms with E-state index < -0.39 is 0 Å². The number of rotatable bonds is 3. The van der Waals surface area contributed by atoms with E-state index in [4.69, 9.17) is 0 Å². The van der Waals surface area contributed by atoms with Gasteiger partial charge in [0.1, 0.15) is 6.29 Å². The molecule has 0 aliphatic carbocycles. The molecule has 0 spiro atoms. The van der Waals surface area contributed by atoms with Crippen LogP contribution in [0.5, 0.6) is 0 Å². The number of hydrogen-bond acceptors (Lipinski definition) is 1. The van der Waals surface area contributed by atoms with Crippen molar-refractivity contribution in [2.24, 2.45) is 0 Å². The second-order valence-electron chi connectivity index (χ2n) is 1.22. The van der Waals surface area contributed by atoms with Crippen molar-refractivity contribution in [3.05, 3.63) is 11.1 Å². The van der Waals surface area contributed by atoms with Gasteiger partial charge in [-0.15, -0.1) is 0 Å². The molecule has 0 bridgehead atoms. The monoisotopic (exact) mass is 162 g/mol. The van der Waals surface area contributed by atoms with Crippen LogP contribution in [0.15, 0.2) is 11.1 Å². The standard InChI is InChI=1S/C5H7BrO/c1-5(6)3-2-4-7/h4H,1-3H2. The molecule has 0 N–H and O–H groups in total. The van der Waals surface area contributed by atoms with E-state index in [2.05, 4.69) is 22.5 Å². The fraction of sp³-hybridized carbons (Fsp3) is 0.400. The highest BCUT2D eigenvalue weighted by molar-refractivity contribution is 9.11. The summed E-state index contributed by atoms with van der Waals surface area (Å²) < 4.78 is 0.889. The molecule has 40 valence electrons. The van der Waals surface area contributed by atoms with Crippen LogP contribution in [0.4, 0.5) is 0 Å². The van der Waals surface area contributed by atoms with E-state index in [0.717, 1.165) is 17.2 Å². The van der Waals surface area contributed by atoms with Crippen LogP contribution in [0.3, 0.4) is 0 Å². The van der Waals surface area contributed by atoms with Gasteiger partial charge in [0.05, 0.1) is 0 Å². The zero-order chi connectivity index (χ0) is 5.70. The van der Waals surface area contributed by atoms with E-state index in [9.17, 15) is 4.79 Å². The normalized spacial score (nSPS) is 8.14. The number of hydrogen-bond donors (Lipinski definition) is 0. The highest BCUT2D eigenvalue weighted by Crippen LogP contribution is 2.06. The fourth-order valence-corrected chi connectivity index (χ4v) is 0.444. The van der Waals surface area contributed by atoms with Crippen LogP contribution < -0.4 is 0 Å². The van der Waals surface area contributed by atoms with Gasteiger partial charge in [0.25, 0.3) is 0 Å². The number of allylic oxidation sites excluding steroid dienone is 1. The Morgan fingerprint density at radius 1 is 1.86 bits per heavy atom. The molecule has 0 saturated heterocycles. The summed E-state index contributed by atoms with van der Waals surface area (Å²) in [6.07, 6.45) is 2.21. The van der Waals surface area contributed by atoms with E-state index in [1.807, 2.05) is 0 Å². The van der Waals surface area contributed by atoms with Gasteiger partial charge in [0.15, 0.2) is 0 Å². The topological polar surface area (TPSA) is 17.1 Å². The third-order valence-corrected chi connectivity index (χ3v) is 0.930. The SMILES string of the molecule is C=C(Br)CCC=O. The van der Waals surface area contributed by atoms with Crippen molar-refractivity contribution in [3.63, 3.8) is 0 Å². The molecule has 0 rings (SSSR count). The number of halogens is 1. The lowest BCUT2D eigenvalue weighted by molar-refractivity contribution is -0.107. The third kappa shape index (κ3) is 5.89. The maximum Gasteiger partial charge on any atom is 0.120 e. The van der Waals surface area contributed by atoms with Gasteiger partial charge in [-0.3, -0.25) is 0 Å². The molecule has 0 heterocycles. The molecule has 0 aromatic carbocycles. The van der Waals surface area contributed by atoms with Gasteiger partial charge >= 0.3 is 0 Å². The van der Waals surface area contributed by atoms with Gasteiger partial charge in [-0.1, -0.05) is 22.5 Å². The summed E-state index contributed by atoms with van der Waals surface area (Å²) in [5.41, 5.74) is 0. The Hall–Kier alpha value is -0.110. The first-order valence-electron chi connectivity index (χ1n) is 2.04. The Kier molecular flexibility index (Phi) is 4.00. The van der Waals surface area contributed by atoms with E-state index in [-0.39, 0.29) is 0 Å². The summed E-state index contributed by atoms with van der Waals surface area (Å²) in [5, 5.41) is 0. The van der Waals surface area contributed by atoms with Crippen LogP contribution in [0.25, 0.3) is 0 Å². The van der Waals surface area contributed by atoms with Crippen molar-refractivity contribution in [2.75, 3.05) is 0 Å². The second kappa shape index (κ2) is 4.06. The highest BCUT2D eigenvalue weighted by atomic mass is 79.9. The molecule has 0 amide bonds. The Balaban J connectivity index is 2.97. The van der Waals surface area contributed by atoms with Gasteiger partial charge in [-0.2, -0.15) is 0 Å². The van der Waals surface area contributed by atoms with Gasteiger partial charge in [-0.05, 0) is 10.9 Å². The first-order chi connectivity index (χ1) is 3.27. The van der Waals surface area contributed by atoms with Crippen LogP contribution in [0.2, 0.25) is 0 Å². The Labute approximate surface area is 51.5 Å². The highest BCUT2D eigenvalue weighted by Gasteiger charge is 1.83. The van der Waals surface area contributed by atoms with Gasteiger partial charge in [0, 0.05) is 6.42 Å². The van der Waals surface area contributed by atoms with Crippen molar-refractivity contribution in [2.45, 2.75) is 12.8 Å². The predicted molar refractivity (Wildman–Crippen MR) is 33.4 cm³/mol. The molecule has 0 saturated carbocycles. The molecule has 0 aliphatic heterocycles. The van der Waals surface area contributed by atoms with E-state index in [0.29, 0.717) is 6.42 Å². The maximum atomic E-state index is 9.65. The van der Waals surface area contributed by atoms with Crippen LogP contribution in [0.1, 0.15) is 12.8 Å². The first-order valence-corrected chi connectivity index (χ1v) is 2.83. The smallest absolute Gasteiger partial charge is 0.120 e. The van der Waals surface area contributed by atoms with Crippen molar-refractivity contribution in [1.29, 1.82) is 0 Å². The molecule has 0 aromatic rings. The van der Waals surface area contributed by atoms with Crippen LogP contribution in [-0.2, 0) is 4.79 Å². The average molecular weight is 163 g/mol. The minimum absolute atomic E-state index is 0.573. The minimum atomic E-state index is 0.573. The molecule has 0 unspecified atom stereocenters. The lowest BCUT2D eigenvalue weighted by atomic mass is 10.3. The van der Waals surface area contributed by atoms with Crippen molar-refractivity contribution in [1.82, 2.24) is 0 Å². The molecule has 7 heavy (non-hydrogen) atoms. The molecule has 0 aliphatic rings. The molecular formula is C5H7BrO. The molecule has 0 fully saturated rings. The lowest BCUT2D eigenvalue weighted by Gasteiger charge is -1.84. The second-order valence-corrected chi connectivity index (χ2v) is 2.34. The zero-order valence-electron chi connectivity index (χ0n) is 3.98. The first kappa shape index (κ1) is 6.89. The number of carbonyl (C=O) groups excluding carboxylic acids is 1. The molecule has 0 radical (unpaired) electrons. The fourth-order valence-electron chi connectivity index (χ4n) is 0.216. The van der Waals surface area contributed by atoms with Gasteiger partial charge in [0.2, 0.25) is 0 Å². The quantitative estimate of drug-likeness (QED) is 0.580. The average Bonchev–Trinajstić information content (AvgIpc) is 1.61. The number of aldehydes is 1. The van der Waals surface area contributed by atoms with Crippen molar-refractivity contribution >= 4 is 22.2 Å².